The molecule has 0 fully saturated rings. The van der Waals surface area contributed by atoms with Crippen molar-refractivity contribution in [2.75, 3.05) is 11.8 Å². The molecule has 2 aromatic carbocycles. The Bertz CT molecular complexity index is 1080. The molecule has 0 bridgehead atoms. The molecule has 0 unspecified atom stereocenters. The summed E-state index contributed by atoms with van der Waals surface area (Å²) >= 11 is 1.42. The molecule has 2 aromatic heterocycles. The average Bonchev–Trinajstić information content (AvgIpc) is 2.79. The third kappa shape index (κ3) is 5.03. The Morgan fingerprint density at radius 1 is 0.724 bits per heavy atom. The summed E-state index contributed by atoms with van der Waals surface area (Å²) in [4.78, 5) is 14.6. The predicted molar refractivity (Wildman–Crippen MR) is 114 cm³/mol. The van der Waals surface area contributed by atoms with Gasteiger partial charge in [0.1, 0.15) is 5.75 Å². The maximum absolute atomic E-state index is 5.93. The largest absolute Gasteiger partial charge is 0.481 e. The number of aromatic nitrogens is 3. The number of para-hydroxylation sites is 1. The van der Waals surface area contributed by atoms with Crippen LogP contribution in [0.1, 0.15) is 0 Å². The van der Waals surface area contributed by atoms with Crippen LogP contribution in [0.5, 0.6) is 17.5 Å². The number of nitrogens with zero attached hydrogens (tertiary/aromatic N) is 3. The monoisotopic (exact) mass is 402 g/mol. The highest BCUT2D eigenvalue weighted by molar-refractivity contribution is 8.00. The van der Waals surface area contributed by atoms with Crippen molar-refractivity contribution in [3.05, 3.63) is 84.9 Å². The summed E-state index contributed by atoms with van der Waals surface area (Å²) in [6, 6.07) is 26.7. The van der Waals surface area contributed by atoms with E-state index in [1.165, 1.54) is 11.9 Å². The third-order valence-corrected chi connectivity index (χ3v) is 4.66. The van der Waals surface area contributed by atoms with E-state index in [9.17, 15) is 0 Å². The molecule has 4 rings (SSSR count). The lowest BCUT2D eigenvalue weighted by Crippen LogP contribution is -2.00. The fraction of sp³-hybridized carbons (Fsp3) is 0.0455. The maximum Gasteiger partial charge on any atom is 0.237 e. The van der Waals surface area contributed by atoms with E-state index in [-0.39, 0.29) is 0 Å². The molecule has 1 N–H and O–H groups in total. The Morgan fingerprint density at radius 3 is 2.24 bits per heavy atom. The Labute approximate surface area is 173 Å². The van der Waals surface area contributed by atoms with Crippen molar-refractivity contribution >= 4 is 17.9 Å². The van der Waals surface area contributed by atoms with E-state index in [1.807, 2.05) is 72.8 Å². The van der Waals surface area contributed by atoms with Crippen LogP contribution in [0, 0.1) is 0 Å². The van der Waals surface area contributed by atoms with Crippen molar-refractivity contribution in [2.24, 2.45) is 0 Å². The number of pyridine rings is 1. The molecule has 144 valence electrons. The van der Waals surface area contributed by atoms with E-state index >= 15 is 0 Å². The Kier molecular flexibility index (Phi) is 5.87. The minimum Gasteiger partial charge on any atom is -0.481 e. The number of benzene rings is 2. The van der Waals surface area contributed by atoms with Gasteiger partial charge in [0.2, 0.25) is 17.7 Å². The molecule has 0 aliphatic heterocycles. The van der Waals surface area contributed by atoms with Crippen LogP contribution in [-0.4, -0.2) is 22.1 Å². The first kappa shape index (κ1) is 18.8. The van der Waals surface area contributed by atoms with Crippen LogP contribution in [-0.2, 0) is 0 Å². The fourth-order valence-electron chi connectivity index (χ4n) is 2.53. The molecule has 0 saturated carbocycles. The molecule has 0 aliphatic rings. The summed E-state index contributed by atoms with van der Waals surface area (Å²) in [5, 5.41) is 0. The van der Waals surface area contributed by atoms with Gasteiger partial charge in [0.15, 0.2) is 0 Å². The standard InChI is InChI=1S/C22H18N4O2S/c1-27-20-14-8-13-18(23-20)19-15-21(28-16-9-4-2-5-10-16)25-22(24-19)26-29-17-11-6-3-7-12-17/h2-15H,1H3,(H,24,25,26). The molecular weight excluding hydrogens is 384 g/mol. The number of methoxy groups -OCH3 is 1. The molecule has 0 amide bonds. The molecular formula is C22H18N4O2S. The summed E-state index contributed by atoms with van der Waals surface area (Å²) in [5.41, 5.74) is 1.29. The molecule has 0 radical (unpaired) electrons. The molecule has 0 aliphatic carbocycles. The van der Waals surface area contributed by atoms with Crippen LogP contribution in [0.15, 0.2) is 89.8 Å². The molecule has 0 saturated heterocycles. The average molecular weight is 402 g/mol. The van der Waals surface area contributed by atoms with Gasteiger partial charge in [-0.1, -0.05) is 42.5 Å². The lowest BCUT2D eigenvalue weighted by atomic mass is 10.2. The lowest BCUT2D eigenvalue weighted by molar-refractivity contribution is 0.398. The van der Waals surface area contributed by atoms with E-state index in [0.717, 1.165) is 4.90 Å². The number of ether oxygens (including phenoxy) is 2. The first-order valence-corrected chi connectivity index (χ1v) is 9.73. The Morgan fingerprint density at radius 2 is 1.48 bits per heavy atom. The third-order valence-electron chi connectivity index (χ3n) is 3.87. The summed E-state index contributed by atoms with van der Waals surface area (Å²) in [6.45, 7) is 0. The van der Waals surface area contributed by atoms with Crippen molar-refractivity contribution in [3.8, 4) is 28.9 Å². The normalized spacial score (nSPS) is 10.4. The second-order valence-electron chi connectivity index (χ2n) is 5.91. The van der Waals surface area contributed by atoms with Crippen LogP contribution >= 0.6 is 11.9 Å². The van der Waals surface area contributed by atoms with Gasteiger partial charge < -0.3 is 9.47 Å². The smallest absolute Gasteiger partial charge is 0.237 e. The van der Waals surface area contributed by atoms with E-state index in [0.29, 0.717) is 34.8 Å². The van der Waals surface area contributed by atoms with E-state index < -0.39 is 0 Å². The van der Waals surface area contributed by atoms with Crippen LogP contribution in [0.4, 0.5) is 5.95 Å². The fourth-order valence-corrected chi connectivity index (χ4v) is 3.12. The first-order valence-electron chi connectivity index (χ1n) is 8.91. The topological polar surface area (TPSA) is 69.2 Å². The maximum atomic E-state index is 5.93. The first-order chi connectivity index (χ1) is 14.3. The van der Waals surface area contributed by atoms with Gasteiger partial charge in [0.25, 0.3) is 0 Å². The van der Waals surface area contributed by atoms with Crippen LogP contribution in [0.25, 0.3) is 11.4 Å². The molecule has 29 heavy (non-hydrogen) atoms. The zero-order valence-electron chi connectivity index (χ0n) is 15.6. The minimum atomic E-state index is 0.419. The molecule has 4 aromatic rings. The number of anilines is 1. The quantitative estimate of drug-likeness (QED) is 0.412. The molecule has 0 atom stereocenters. The number of nitrogens with one attached hydrogen (secondary N) is 1. The van der Waals surface area contributed by atoms with Gasteiger partial charge in [-0.3, -0.25) is 4.72 Å². The molecule has 2 heterocycles. The van der Waals surface area contributed by atoms with Gasteiger partial charge in [0, 0.05) is 17.0 Å². The summed E-state index contributed by atoms with van der Waals surface area (Å²) in [7, 11) is 1.58. The van der Waals surface area contributed by atoms with Gasteiger partial charge >= 0.3 is 0 Å². The van der Waals surface area contributed by atoms with Crippen molar-refractivity contribution in [1.82, 2.24) is 15.0 Å². The Hall–Kier alpha value is -3.58. The highest BCUT2D eigenvalue weighted by Crippen LogP contribution is 2.28. The summed E-state index contributed by atoms with van der Waals surface area (Å²) < 4.78 is 14.3. The predicted octanol–water partition coefficient (Wildman–Crippen LogP) is 5.46. The van der Waals surface area contributed by atoms with E-state index in [1.54, 1.807) is 19.2 Å². The zero-order valence-corrected chi connectivity index (χ0v) is 16.5. The van der Waals surface area contributed by atoms with Crippen molar-refractivity contribution in [3.63, 3.8) is 0 Å². The van der Waals surface area contributed by atoms with E-state index in [2.05, 4.69) is 19.7 Å². The zero-order chi connectivity index (χ0) is 19.9. The minimum absolute atomic E-state index is 0.419. The summed E-state index contributed by atoms with van der Waals surface area (Å²) in [5.74, 6) is 2.05. The Balaban J connectivity index is 1.66. The van der Waals surface area contributed by atoms with Crippen LogP contribution < -0.4 is 14.2 Å². The molecule has 0 spiro atoms. The van der Waals surface area contributed by atoms with Gasteiger partial charge in [-0.25, -0.2) is 9.97 Å². The van der Waals surface area contributed by atoms with Crippen molar-refractivity contribution < 1.29 is 9.47 Å². The highest BCUT2D eigenvalue weighted by Gasteiger charge is 2.11. The van der Waals surface area contributed by atoms with Crippen molar-refractivity contribution in [1.29, 1.82) is 0 Å². The molecule has 7 heteroatoms. The number of rotatable bonds is 7. The van der Waals surface area contributed by atoms with Crippen LogP contribution in [0.2, 0.25) is 0 Å². The van der Waals surface area contributed by atoms with Gasteiger partial charge in [-0.05, 0) is 42.3 Å². The van der Waals surface area contributed by atoms with Gasteiger partial charge in [-0.2, -0.15) is 4.98 Å². The van der Waals surface area contributed by atoms with E-state index in [4.69, 9.17) is 9.47 Å². The lowest BCUT2D eigenvalue weighted by Gasteiger charge is -2.10. The SMILES string of the molecule is COc1cccc(-c2cc(Oc3ccccc3)nc(NSc3ccccc3)n2)n1. The number of hydrogen-bond acceptors (Lipinski definition) is 7. The second-order valence-corrected chi connectivity index (χ2v) is 6.79. The second kappa shape index (κ2) is 9.07. The number of hydrogen-bond donors (Lipinski definition) is 1. The summed E-state index contributed by atoms with van der Waals surface area (Å²) in [6.07, 6.45) is 0. The van der Waals surface area contributed by atoms with Crippen molar-refractivity contribution in [2.45, 2.75) is 4.90 Å². The van der Waals surface area contributed by atoms with Gasteiger partial charge in [0.05, 0.1) is 18.5 Å². The highest BCUT2D eigenvalue weighted by atomic mass is 32.2. The van der Waals surface area contributed by atoms with Gasteiger partial charge in [-0.15, -0.1) is 0 Å². The molecule has 6 nitrogen and oxygen atoms in total. The van der Waals surface area contributed by atoms with Crippen LogP contribution in [0.3, 0.4) is 0 Å².